The Hall–Kier alpha value is -3.49. The summed E-state index contributed by atoms with van der Waals surface area (Å²) >= 11 is 0. The Labute approximate surface area is 178 Å². The first-order valence-corrected chi connectivity index (χ1v) is 9.66. The van der Waals surface area contributed by atoms with Crippen LogP contribution in [-0.2, 0) is 4.74 Å². The highest BCUT2D eigenvalue weighted by Gasteiger charge is 2.21. The van der Waals surface area contributed by atoms with E-state index in [1.807, 2.05) is 0 Å². The lowest BCUT2D eigenvalue weighted by molar-refractivity contribution is 0.0522. The van der Waals surface area contributed by atoms with Gasteiger partial charge in [-0.15, -0.1) is 0 Å². The van der Waals surface area contributed by atoms with Crippen LogP contribution in [0.4, 0.5) is 19.4 Å². The zero-order valence-corrected chi connectivity index (χ0v) is 18.3. The number of carbonyl (C=O) groups is 1. The van der Waals surface area contributed by atoms with Crippen molar-refractivity contribution >= 4 is 33.7 Å². The van der Waals surface area contributed by atoms with E-state index in [9.17, 15) is 13.6 Å². The highest BCUT2D eigenvalue weighted by molar-refractivity contribution is 5.90. The van der Waals surface area contributed by atoms with Gasteiger partial charge in [0.2, 0.25) is 0 Å². The third-order valence-corrected chi connectivity index (χ3v) is 4.58. The van der Waals surface area contributed by atoms with E-state index < -0.39 is 11.7 Å². The molecule has 0 fully saturated rings. The summed E-state index contributed by atoms with van der Waals surface area (Å²) in [6.45, 7) is 10.5. The Morgan fingerprint density at radius 2 is 1.61 bits per heavy atom. The number of benzene rings is 2. The fourth-order valence-electron chi connectivity index (χ4n) is 3.00. The Morgan fingerprint density at radius 3 is 2.23 bits per heavy atom. The Balaban J connectivity index is 0.000000194. The number of nitrogens with two attached hydrogens (primary N) is 1. The molecule has 4 rings (SSSR count). The van der Waals surface area contributed by atoms with Crippen molar-refractivity contribution in [2.75, 3.05) is 5.73 Å². The Morgan fingerprint density at radius 1 is 1.03 bits per heavy atom. The van der Waals surface area contributed by atoms with Crippen LogP contribution in [0.5, 0.6) is 0 Å². The molecule has 0 amide bonds. The first-order chi connectivity index (χ1) is 14.4. The summed E-state index contributed by atoms with van der Waals surface area (Å²) in [5.74, 6) is -0.198. The van der Waals surface area contributed by atoms with Gasteiger partial charge in [0, 0.05) is 16.8 Å². The molecule has 0 saturated heterocycles. The molecule has 0 aliphatic heterocycles. The predicted molar refractivity (Wildman–Crippen MR) is 116 cm³/mol. The van der Waals surface area contributed by atoms with E-state index in [0.29, 0.717) is 33.7 Å². The number of aromatic nitrogens is 4. The molecular weight excluding hydrogens is 404 g/mol. The maximum Gasteiger partial charge on any atom is 0.435 e. The van der Waals surface area contributed by atoms with E-state index in [1.165, 1.54) is 12.1 Å². The van der Waals surface area contributed by atoms with E-state index in [0.717, 1.165) is 15.5 Å². The van der Waals surface area contributed by atoms with E-state index in [4.69, 9.17) is 10.5 Å². The molecule has 0 atom stereocenters. The lowest BCUT2D eigenvalue weighted by Crippen LogP contribution is -2.27. The van der Waals surface area contributed by atoms with Crippen LogP contribution in [-0.4, -0.2) is 31.7 Å². The summed E-state index contributed by atoms with van der Waals surface area (Å²) in [5.41, 5.74) is 7.75. The normalized spacial score (nSPS) is 11.5. The molecule has 164 valence electrons. The van der Waals surface area contributed by atoms with E-state index in [1.54, 1.807) is 53.7 Å². The maximum absolute atomic E-state index is 13.6. The fourth-order valence-corrected chi connectivity index (χ4v) is 3.00. The van der Waals surface area contributed by atoms with Gasteiger partial charge in [-0.3, -0.25) is 5.10 Å². The second-order valence-electron chi connectivity index (χ2n) is 8.35. The standard InChI is InChI=1S/C14H17FN2O2.C8H8FN3/c1-8-6-10-9(2)16-17(12(10)7-11(8)15)13(18)19-14(3,4)5;1-4-2-5-7(3-6(4)9)11-12-8(5)10/h6-7H,1-5H3;2-3H,1H3,(H3,10,11,12). The average Bonchev–Trinajstić information content (AvgIpc) is 3.16. The minimum absolute atomic E-state index is 0.244. The van der Waals surface area contributed by atoms with Crippen molar-refractivity contribution in [1.82, 2.24) is 20.0 Å². The third kappa shape index (κ3) is 4.65. The number of aryl methyl sites for hydroxylation is 3. The van der Waals surface area contributed by atoms with Crippen molar-refractivity contribution in [3.05, 3.63) is 52.7 Å². The number of halogens is 2. The summed E-state index contributed by atoms with van der Waals surface area (Å²) in [6.07, 6.45) is -0.603. The molecule has 9 heteroatoms. The number of ether oxygens (including phenoxy) is 1. The van der Waals surface area contributed by atoms with Gasteiger partial charge < -0.3 is 10.5 Å². The van der Waals surface area contributed by atoms with Crippen LogP contribution < -0.4 is 5.73 Å². The number of fused-ring (bicyclic) bond motifs is 2. The van der Waals surface area contributed by atoms with Gasteiger partial charge in [0.05, 0.1) is 16.7 Å². The molecule has 0 aliphatic rings. The monoisotopic (exact) mass is 429 g/mol. The minimum Gasteiger partial charge on any atom is -0.442 e. The van der Waals surface area contributed by atoms with Gasteiger partial charge in [-0.2, -0.15) is 14.9 Å². The SMILES string of the molecule is Cc1cc2c(C)nn(C(=O)OC(C)(C)C)c2cc1F.Cc1cc2c(N)n[nH]c2cc1F. The van der Waals surface area contributed by atoms with Crippen molar-refractivity contribution in [1.29, 1.82) is 0 Å². The van der Waals surface area contributed by atoms with Crippen molar-refractivity contribution in [2.24, 2.45) is 0 Å². The maximum atomic E-state index is 13.6. The van der Waals surface area contributed by atoms with Crippen LogP contribution >= 0.6 is 0 Å². The number of hydrogen-bond acceptors (Lipinski definition) is 5. The second kappa shape index (κ2) is 7.98. The molecule has 31 heavy (non-hydrogen) atoms. The fraction of sp³-hybridized carbons (Fsp3) is 0.318. The molecule has 3 N–H and O–H groups in total. The zero-order valence-electron chi connectivity index (χ0n) is 18.3. The predicted octanol–water partition coefficient (Wildman–Crippen LogP) is 5.17. The number of H-pyrrole nitrogens is 1. The number of hydrogen-bond donors (Lipinski definition) is 2. The molecular formula is C22H25F2N5O2. The number of rotatable bonds is 0. The lowest BCUT2D eigenvalue weighted by Gasteiger charge is -2.19. The van der Waals surface area contributed by atoms with Crippen molar-refractivity contribution in [3.63, 3.8) is 0 Å². The van der Waals surface area contributed by atoms with E-state index in [-0.39, 0.29) is 11.6 Å². The summed E-state index contributed by atoms with van der Waals surface area (Å²) in [4.78, 5) is 12.0. The van der Waals surface area contributed by atoms with Crippen molar-refractivity contribution in [3.8, 4) is 0 Å². The molecule has 2 aromatic carbocycles. The molecule has 0 saturated carbocycles. The average molecular weight is 429 g/mol. The van der Waals surface area contributed by atoms with Crippen LogP contribution in [0.3, 0.4) is 0 Å². The van der Waals surface area contributed by atoms with Crippen molar-refractivity contribution in [2.45, 2.75) is 47.1 Å². The molecule has 0 spiro atoms. The summed E-state index contributed by atoms with van der Waals surface area (Å²) in [7, 11) is 0. The third-order valence-electron chi connectivity index (χ3n) is 4.58. The largest absolute Gasteiger partial charge is 0.442 e. The highest BCUT2D eigenvalue weighted by atomic mass is 19.1. The minimum atomic E-state index is -0.619. The molecule has 0 aliphatic carbocycles. The van der Waals surface area contributed by atoms with Gasteiger partial charge in [0.15, 0.2) is 5.82 Å². The summed E-state index contributed by atoms with van der Waals surface area (Å²) in [5, 5.41) is 12.1. The van der Waals surface area contributed by atoms with Crippen LogP contribution in [0.2, 0.25) is 0 Å². The van der Waals surface area contributed by atoms with Gasteiger partial charge in [-0.1, -0.05) is 0 Å². The van der Waals surface area contributed by atoms with Crippen LogP contribution in [0.1, 0.15) is 37.6 Å². The zero-order chi connectivity index (χ0) is 23.1. The first-order valence-electron chi connectivity index (χ1n) is 9.66. The highest BCUT2D eigenvalue weighted by Crippen LogP contribution is 2.23. The van der Waals surface area contributed by atoms with Gasteiger partial charge >= 0.3 is 6.09 Å². The smallest absolute Gasteiger partial charge is 0.435 e. The quantitative estimate of drug-likeness (QED) is 0.402. The van der Waals surface area contributed by atoms with Gasteiger partial charge in [-0.05, 0) is 70.9 Å². The molecule has 0 radical (unpaired) electrons. The topological polar surface area (TPSA) is 98.8 Å². The van der Waals surface area contributed by atoms with Crippen LogP contribution in [0.15, 0.2) is 24.3 Å². The van der Waals surface area contributed by atoms with Gasteiger partial charge in [0.25, 0.3) is 0 Å². The number of nitrogens with zero attached hydrogens (tertiary/aromatic N) is 3. The van der Waals surface area contributed by atoms with Crippen LogP contribution in [0.25, 0.3) is 21.8 Å². The van der Waals surface area contributed by atoms with Gasteiger partial charge in [-0.25, -0.2) is 13.6 Å². The van der Waals surface area contributed by atoms with E-state index >= 15 is 0 Å². The number of nitrogen functional groups attached to an aromatic ring is 1. The van der Waals surface area contributed by atoms with Crippen LogP contribution in [0, 0.1) is 32.4 Å². The molecule has 7 nitrogen and oxygen atoms in total. The molecule has 4 aromatic rings. The number of carbonyl (C=O) groups excluding carboxylic acids is 1. The first kappa shape index (κ1) is 22.2. The molecule has 0 unspecified atom stereocenters. The second-order valence-corrected chi connectivity index (χ2v) is 8.35. The number of nitrogens with one attached hydrogen (secondary N) is 1. The summed E-state index contributed by atoms with van der Waals surface area (Å²) in [6, 6.07) is 6.08. The Kier molecular flexibility index (Phi) is 5.71. The molecule has 2 heterocycles. The summed E-state index contributed by atoms with van der Waals surface area (Å²) < 4.78 is 33.0. The lowest BCUT2D eigenvalue weighted by atomic mass is 10.1. The van der Waals surface area contributed by atoms with Crippen molar-refractivity contribution < 1.29 is 18.3 Å². The number of aromatic amines is 1. The Bertz CT molecular complexity index is 1290. The van der Waals surface area contributed by atoms with E-state index in [2.05, 4.69) is 15.3 Å². The van der Waals surface area contributed by atoms with Gasteiger partial charge in [0.1, 0.15) is 17.2 Å². The molecule has 0 bridgehead atoms. The number of anilines is 1. The molecule has 2 aromatic heterocycles.